The topological polar surface area (TPSA) is 88.2 Å². The summed E-state index contributed by atoms with van der Waals surface area (Å²) in [7, 11) is 0. The second-order valence-corrected chi connectivity index (χ2v) is 8.49. The molecule has 8 nitrogen and oxygen atoms in total. The van der Waals surface area contributed by atoms with Crippen LogP contribution in [0.25, 0.3) is 0 Å². The summed E-state index contributed by atoms with van der Waals surface area (Å²) in [5.74, 6) is -6.90. The molecule has 1 N–H and O–H groups in total. The summed E-state index contributed by atoms with van der Waals surface area (Å²) in [6.45, 7) is -4.61. The average Bonchev–Trinajstić information content (AvgIpc) is 3.16. The van der Waals surface area contributed by atoms with Crippen molar-refractivity contribution in [1.29, 1.82) is 0 Å². The summed E-state index contributed by atoms with van der Waals surface area (Å²) in [6, 6.07) is 2.45. The highest BCUT2D eigenvalue weighted by Crippen LogP contribution is 2.34. The molecular weight excluding hydrogens is 465 g/mol. The number of halogens is 1. The lowest BCUT2D eigenvalue weighted by Crippen LogP contribution is -2.52. The van der Waals surface area contributed by atoms with Gasteiger partial charge >= 0.3 is 0 Å². The van der Waals surface area contributed by atoms with E-state index < -0.39 is 84.3 Å². The number of carbonyl (C=O) groups is 3. The van der Waals surface area contributed by atoms with E-state index in [0.29, 0.717) is 0 Å². The number of ether oxygens (including phenoxy) is 2. The zero-order valence-corrected chi connectivity index (χ0v) is 19.3. The highest BCUT2D eigenvalue weighted by molar-refractivity contribution is 6.05. The number of fused-ring (bicyclic) bond motifs is 1. The van der Waals surface area contributed by atoms with Crippen molar-refractivity contribution in [3.63, 3.8) is 0 Å². The summed E-state index contributed by atoms with van der Waals surface area (Å²) < 4.78 is 119. The monoisotopic (exact) mass is 506 g/mol. The van der Waals surface area contributed by atoms with Crippen molar-refractivity contribution in [2.24, 2.45) is 0 Å². The summed E-state index contributed by atoms with van der Waals surface area (Å²) in [5.41, 5.74) is -2.18. The zero-order chi connectivity index (χ0) is 35.3. The summed E-state index contributed by atoms with van der Waals surface area (Å²) in [5, 5.41) is 1.49. The van der Waals surface area contributed by atoms with Gasteiger partial charge in [-0.1, -0.05) is 18.2 Å². The number of hydrogen-bond acceptors (Lipinski definition) is 6. The number of hydrogen-bond donors (Lipinski definition) is 1. The van der Waals surface area contributed by atoms with Crippen LogP contribution in [0.15, 0.2) is 36.4 Å². The molecule has 2 aromatic rings. The van der Waals surface area contributed by atoms with Crippen molar-refractivity contribution in [3.8, 4) is 5.75 Å². The molecule has 2 aromatic carbocycles. The molecular formula is C27H30FN3O5. The number of imide groups is 1. The van der Waals surface area contributed by atoms with E-state index in [1.807, 2.05) is 0 Å². The fraction of sp³-hybridized carbons (Fsp3) is 0.444. The Morgan fingerprint density at radius 1 is 1.22 bits per heavy atom. The van der Waals surface area contributed by atoms with Crippen LogP contribution >= 0.6 is 0 Å². The highest BCUT2D eigenvalue weighted by atomic mass is 19.1. The molecule has 0 bridgehead atoms. The van der Waals surface area contributed by atoms with E-state index in [1.54, 1.807) is 13.8 Å². The average molecular weight is 507 g/mol. The second kappa shape index (κ2) is 9.99. The van der Waals surface area contributed by atoms with Crippen LogP contribution in [0.2, 0.25) is 0 Å². The molecule has 0 spiro atoms. The van der Waals surface area contributed by atoms with Gasteiger partial charge in [-0.05, 0) is 44.0 Å². The van der Waals surface area contributed by atoms with Crippen LogP contribution in [0.1, 0.15) is 68.7 Å². The lowest BCUT2D eigenvalue weighted by Gasteiger charge is -2.35. The van der Waals surface area contributed by atoms with Gasteiger partial charge in [-0.15, -0.1) is 0 Å². The van der Waals surface area contributed by atoms with Crippen LogP contribution in [-0.4, -0.2) is 58.8 Å². The largest absolute Gasteiger partial charge is 0.488 e. The van der Waals surface area contributed by atoms with Gasteiger partial charge in [-0.25, -0.2) is 4.39 Å². The maximum absolute atomic E-state index is 15.5. The maximum atomic E-state index is 15.5. The van der Waals surface area contributed by atoms with Gasteiger partial charge in [0.15, 0.2) is 0 Å². The molecule has 3 aliphatic heterocycles. The molecule has 9 heteroatoms. The Kier molecular flexibility index (Phi) is 4.01. The molecule has 3 unspecified atom stereocenters. The van der Waals surface area contributed by atoms with E-state index in [-0.39, 0.29) is 35.8 Å². The molecule has 3 heterocycles. The van der Waals surface area contributed by atoms with Gasteiger partial charge in [0.2, 0.25) is 11.8 Å². The Morgan fingerprint density at radius 2 is 2.00 bits per heavy atom. The molecule has 0 saturated carbocycles. The lowest BCUT2D eigenvalue weighted by molar-refractivity contribution is -0.136. The molecule has 36 heavy (non-hydrogen) atoms. The third-order valence-electron chi connectivity index (χ3n) is 5.59. The highest BCUT2D eigenvalue weighted by Gasteiger charge is 2.40. The number of morpholine rings is 1. The Labute approximate surface area is 224 Å². The van der Waals surface area contributed by atoms with Crippen molar-refractivity contribution in [3.05, 3.63) is 64.5 Å². The summed E-state index contributed by atoms with van der Waals surface area (Å²) in [6.07, 6.45) is -7.94. The number of piperidine rings is 1. The SMILES string of the molecule is [2H]C([2H])(Oc1cccc2c1C([2H])([2H])N(C1([2H])C(=O)NC(=O)C([2H])([2H])C1([2H])[2H])C2=O)c1ccc(C([2H])([2H])N2CC(C)OC(C)C2)cc1F. The molecule has 190 valence electrons. The normalized spacial score (nSPS) is 36.1. The van der Waals surface area contributed by atoms with E-state index in [0.717, 1.165) is 30.3 Å². The first-order valence-corrected chi connectivity index (χ1v) is 11.2. The van der Waals surface area contributed by atoms with E-state index in [1.165, 1.54) is 16.3 Å². The first-order valence-electron chi connectivity index (χ1n) is 16.7. The third-order valence-corrected chi connectivity index (χ3v) is 5.59. The van der Waals surface area contributed by atoms with Crippen LogP contribution in [-0.2, 0) is 33.9 Å². The number of nitrogens with zero attached hydrogens (tertiary/aromatic N) is 2. The van der Waals surface area contributed by atoms with Crippen LogP contribution in [0.5, 0.6) is 5.75 Å². The minimum absolute atomic E-state index is 0.117. The minimum atomic E-state index is -3.78. The van der Waals surface area contributed by atoms with Crippen LogP contribution in [0, 0.1) is 5.82 Å². The van der Waals surface area contributed by atoms with Crippen molar-refractivity contribution in [1.82, 2.24) is 15.1 Å². The number of benzene rings is 2. The van der Waals surface area contributed by atoms with E-state index in [2.05, 4.69) is 0 Å². The second-order valence-electron chi connectivity index (χ2n) is 8.49. The standard InChI is InChI=1S/C27H30FN3O5/c1-16-11-30(12-17(2)36-16)13-18-6-7-19(22(28)10-18)15-35-24-5-3-4-20-21(24)14-31(27(20)34)23-8-9-25(32)29-26(23)33/h3-7,10,16-17,23H,8-9,11-15H2,1-2H3,(H,29,32,33)/i8D2,9D2,13D2,14D2,15D2,23D. The fourth-order valence-electron chi connectivity index (χ4n) is 4.10. The number of amides is 3. The lowest BCUT2D eigenvalue weighted by atomic mass is 10.0. The first kappa shape index (κ1) is 14.4. The van der Waals surface area contributed by atoms with Gasteiger partial charge in [0, 0.05) is 50.9 Å². The Hall–Kier alpha value is -3.30. The third kappa shape index (κ3) is 4.99. The molecule has 2 fully saturated rings. The summed E-state index contributed by atoms with van der Waals surface area (Å²) in [4.78, 5) is 39.9. The number of rotatable bonds is 6. The predicted octanol–water partition coefficient (Wildman–Crippen LogP) is 2.77. The van der Waals surface area contributed by atoms with Crippen molar-refractivity contribution >= 4 is 17.7 Å². The van der Waals surface area contributed by atoms with Crippen molar-refractivity contribution in [2.45, 2.75) is 64.4 Å². The molecule has 0 aliphatic carbocycles. The molecule has 3 atom stereocenters. The molecule has 2 saturated heterocycles. The first-order chi connectivity index (χ1) is 21.4. The Balaban J connectivity index is 1.51. The van der Waals surface area contributed by atoms with E-state index >= 15 is 4.39 Å². The van der Waals surface area contributed by atoms with E-state index in [9.17, 15) is 14.4 Å². The summed E-state index contributed by atoms with van der Waals surface area (Å²) >= 11 is 0. The molecule has 3 amide bonds. The van der Waals surface area contributed by atoms with Crippen LogP contribution in [0.3, 0.4) is 0 Å². The quantitative estimate of drug-likeness (QED) is 0.607. The minimum Gasteiger partial charge on any atom is -0.488 e. The van der Waals surface area contributed by atoms with Gasteiger partial charge in [-0.2, -0.15) is 0 Å². The molecule has 3 aliphatic rings. The van der Waals surface area contributed by atoms with Gasteiger partial charge in [0.25, 0.3) is 5.91 Å². The fourth-order valence-corrected chi connectivity index (χ4v) is 4.10. The van der Waals surface area contributed by atoms with E-state index in [4.69, 9.17) is 24.6 Å². The smallest absolute Gasteiger partial charge is 0.255 e. The molecule has 5 rings (SSSR count). The van der Waals surface area contributed by atoms with Gasteiger partial charge in [-0.3, -0.25) is 24.6 Å². The van der Waals surface area contributed by atoms with Crippen molar-refractivity contribution < 1.29 is 43.3 Å². The zero-order valence-electron chi connectivity index (χ0n) is 30.3. The van der Waals surface area contributed by atoms with Crippen LogP contribution < -0.4 is 10.1 Å². The maximum Gasteiger partial charge on any atom is 0.255 e. The van der Waals surface area contributed by atoms with Crippen LogP contribution in [0.4, 0.5) is 4.39 Å². The van der Waals surface area contributed by atoms with Gasteiger partial charge in [0.05, 0.1) is 25.6 Å². The molecule has 0 aromatic heterocycles. The van der Waals surface area contributed by atoms with Crippen molar-refractivity contribution in [2.75, 3.05) is 13.1 Å². The number of carbonyl (C=O) groups excluding carboxylic acids is 3. The number of nitrogens with one attached hydrogen (secondary N) is 1. The predicted molar refractivity (Wildman–Crippen MR) is 129 cm³/mol. The van der Waals surface area contributed by atoms with Gasteiger partial charge in [0.1, 0.15) is 24.1 Å². The Morgan fingerprint density at radius 3 is 2.75 bits per heavy atom. The Bertz CT molecular complexity index is 1670. The van der Waals surface area contributed by atoms with Gasteiger partial charge < -0.3 is 14.4 Å². The molecule has 0 radical (unpaired) electrons.